The minimum Gasteiger partial charge on any atom is -0.369 e. The quantitative estimate of drug-likeness (QED) is 0.840. The van der Waals surface area contributed by atoms with Crippen LogP contribution in [-0.4, -0.2) is 52.6 Å². The average molecular weight is 287 g/mol. The van der Waals surface area contributed by atoms with Crippen LogP contribution in [-0.2, 0) is 6.42 Å². The number of nitrogens with one attached hydrogen (secondary N) is 1. The zero-order valence-corrected chi connectivity index (χ0v) is 12.2. The van der Waals surface area contributed by atoms with Crippen LogP contribution in [0.4, 0.5) is 5.82 Å². The first kappa shape index (κ1) is 13.9. The van der Waals surface area contributed by atoms with Gasteiger partial charge in [-0.05, 0) is 0 Å². The molecule has 1 fully saturated rings. The van der Waals surface area contributed by atoms with E-state index in [1.54, 1.807) is 6.07 Å². The second-order valence-electron chi connectivity index (χ2n) is 4.23. The summed E-state index contributed by atoms with van der Waals surface area (Å²) >= 11 is 7.99. The lowest BCUT2D eigenvalue weighted by Gasteiger charge is -2.26. The Kier molecular flexibility index (Phi) is 5.53. The summed E-state index contributed by atoms with van der Waals surface area (Å²) in [6, 6.07) is 1.78. The van der Waals surface area contributed by atoms with Crippen LogP contribution in [0.3, 0.4) is 0 Å². The molecule has 0 unspecified atom stereocenters. The highest BCUT2D eigenvalue weighted by atomic mass is 35.5. The van der Waals surface area contributed by atoms with Crippen LogP contribution >= 0.6 is 23.4 Å². The molecule has 6 heteroatoms. The van der Waals surface area contributed by atoms with Crippen LogP contribution in [0.25, 0.3) is 0 Å². The summed E-state index contributed by atoms with van der Waals surface area (Å²) in [4.78, 5) is 11.0. The first-order chi connectivity index (χ1) is 8.78. The Balaban J connectivity index is 1.80. The fourth-order valence-corrected chi connectivity index (χ4v) is 3.06. The van der Waals surface area contributed by atoms with Crippen molar-refractivity contribution in [2.24, 2.45) is 0 Å². The molecule has 0 spiro atoms. The standard InChI is InChI=1S/C12H19ClN4S/c1-2-11-15-10(13)9-12(16-11)14-3-4-17-5-7-18-8-6-17/h9H,2-8H2,1H3,(H,14,15,16). The minimum absolute atomic E-state index is 0.513. The number of rotatable bonds is 5. The Bertz CT molecular complexity index is 382. The topological polar surface area (TPSA) is 41.1 Å². The fourth-order valence-electron chi connectivity index (χ4n) is 1.88. The first-order valence-electron chi connectivity index (χ1n) is 6.35. The van der Waals surface area contributed by atoms with Crippen LogP contribution in [0.1, 0.15) is 12.7 Å². The van der Waals surface area contributed by atoms with E-state index in [2.05, 4.69) is 20.2 Å². The Morgan fingerprint density at radius 1 is 1.39 bits per heavy atom. The Labute approximate surface area is 118 Å². The summed E-state index contributed by atoms with van der Waals surface area (Å²) in [5.74, 6) is 4.12. The average Bonchev–Trinajstić information content (AvgIpc) is 2.39. The number of halogens is 1. The third kappa shape index (κ3) is 4.30. The molecule has 0 saturated carbocycles. The van der Waals surface area contributed by atoms with E-state index in [-0.39, 0.29) is 0 Å². The lowest BCUT2D eigenvalue weighted by molar-refractivity contribution is 0.314. The van der Waals surface area contributed by atoms with Crippen LogP contribution in [0.5, 0.6) is 0 Å². The van der Waals surface area contributed by atoms with Gasteiger partial charge in [-0.15, -0.1) is 0 Å². The van der Waals surface area contributed by atoms with Gasteiger partial charge in [0.15, 0.2) is 0 Å². The highest BCUT2D eigenvalue weighted by Gasteiger charge is 2.09. The zero-order chi connectivity index (χ0) is 12.8. The molecule has 0 bridgehead atoms. The van der Waals surface area contributed by atoms with Crippen molar-refractivity contribution in [3.05, 3.63) is 17.0 Å². The molecule has 0 aliphatic carbocycles. The molecule has 4 nitrogen and oxygen atoms in total. The van der Waals surface area contributed by atoms with E-state index < -0.39 is 0 Å². The summed E-state index contributed by atoms with van der Waals surface area (Å²) in [6.45, 7) is 6.37. The van der Waals surface area contributed by atoms with Gasteiger partial charge in [0.1, 0.15) is 16.8 Å². The molecule has 1 N–H and O–H groups in total. The van der Waals surface area contributed by atoms with E-state index in [9.17, 15) is 0 Å². The molecule has 0 radical (unpaired) electrons. The van der Waals surface area contributed by atoms with Gasteiger partial charge in [0.2, 0.25) is 0 Å². The number of hydrogen-bond acceptors (Lipinski definition) is 5. The maximum Gasteiger partial charge on any atom is 0.134 e. The summed E-state index contributed by atoms with van der Waals surface area (Å²) in [7, 11) is 0. The van der Waals surface area contributed by atoms with Crippen LogP contribution < -0.4 is 5.32 Å². The number of aromatic nitrogens is 2. The van der Waals surface area contributed by atoms with Crippen molar-refractivity contribution in [2.45, 2.75) is 13.3 Å². The zero-order valence-electron chi connectivity index (χ0n) is 10.7. The van der Waals surface area contributed by atoms with Gasteiger partial charge in [0.05, 0.1) is 0 Å². The molecule has 0 aromatic carbocycles. The number of aryl methyl sites for hydroxylation is 1. The third-order valence-electron chi connectivity index (χ3n) is 2.90. The Morgan fingerprint density at radius 2 is 2.17 bits per heavy atom. The van der Waals surface area contributed by atoms with Gasteiger partial charge in [-0.25, -0.2) is 9.97 Å². The van der Waals surface area contributed by atoms with Gasteiger partial charge in [-0.1, -0.05) is 18.5 Å². The molecular formula is C12H19ClN4S. The highest BCUT2D eigenvalue weighted by molar-refractivity contribution is 7.99. The number of hydrogen-bond donors (Lipinski definition) is 1. The van der Waals surface area contributed by atoms with E-state index in [0.29, 0.717) is 5.15 Å². The van der Waals surface area contributed by atoms with Crippen molar-refractivity contribution in [3.8, 4) is 0 Å². The van der Waals surface area contributed by atoms with Crippen LogP contribution in [0.15, 0.2) is 6.07 Å². The van der Waals surface area contributed by atoms with Crippen LogP contribution in [0.2, 0.25) is 5.15 Å². The van der Waals surface area contributed by atoms with Crippen molar-refractivity contribution in [1.82, 2.24) is 14.9 Å². The second kappa shape index (κ2) is 7.16. The third-order valence-corrected chi connectivity index (χ3v) is 4.03. The van der Waals surface area contributed by atoms with E-state index in [4.69, 9.17) is 11.6 Å². The van der Waals surface area contributed by atoms with Crippen molar-refractivity contribution >= 4 is 29.2 Å². The van der Waals surface area contributed by atoms with E-state index in [1.807, 2.05) is 18.7 Å². The van der Waals surface area contributed by atoms with Gasteiger partial charge in [0, 0.05) is 50.2 Å². The van der Waals surface area contributed by atoms with Gasteiger partial charge in [-0.3, -0.25) is 4.90 Å². The molecule has 1 saturated heterocycles. The molecule has 100 valence electrons. The van der Waals surface area contributed by atoms with Crippen molar-refractivity contribution in [1.29, 1.82) is 0 Å². The monoisotopic (exact) mass is 286 g/mol. The van der Waals surface area contributed by atoms with Gasteiger partial charge < -0.3 is 5.32 Å². The Morgan fingerprint density at radius 3 is 2.89 bits per heavy atom. The number of nitrogens with zero attached hydrogens (tertiary/aromatic N) is 3. The van der Waals surface area contributed by atoms with Crippen molar-refractivity contribution < 1.29 is 0 Å². The lowest BCUT2D eigenvalue weighted by atomic mass is 10.4. The minimum atomic E-state index is 0.513. The number of anilines is 1. The second-order valence-corrected chi connectivity index (χ2v) is 5.84. The predicted molar refractivity (Wildman–Crippen MR) is 78.7 cm³/mol. The summed E-state index contributed by atoms with van der Waals surface area (Å²) in [5, 5.41) is 3.84. The predicted octanol–water partition coefficient (Wildman–Crippen LogP) is 2.15. The molecule has 0 amide bonds. The fraction of sp³-hybridized carbons (Fsp3) is 0.667. The van der Waals surface area contributed by atoms with E-state index in [1.165, 1.54) is 24.6 Å². The molecule has 1 aliphatic heterocycles. The van der Waals surface area contributed by atoms with Crippen LogP contribution in [0, 0.1) is 0 Å². The molecule has 18 heavy (non-hydrogen) atoms. The largest absolute Gasteiger partial charge is 0.369 e. The van der Waals surface area contributed by atoms with E-state index >= 15 is 0 Å². The Hall–Kier alpha value is -0.520. The molecule has 2 rings (SSSR count). The van der Waals surface area contributed by atoms with Gasteiger partial charge in [-0.2, -0.15) is 11.8 Å². The first-order valence-corrected chi connectivity index (χ1v) is 7.88. The summed E-state index contributed by atoms with van der Waals surface area (Å²) in [6.07, 6.45) is 0.804. The highest BCUT2D eigenvalue weighted by Crippen LogP contribution is 2.12. The van der Waals surface area contributed by atoms with Gasteiger partial charge in [0.25, 0.3) is 0 Å². The maximum absolute atomic E-state index is 5.95. The van der Waals surface area contributed by atoms with Gasteiger partial charge >= 0.3 is 0 Å². The molecular weight excluding hydrogens is 268 g/mol. The smallest absolute Gasteiger partial charge is 0.134 e. The molecule has 1 aliphatic rings. The molecule has 1 aromatic heterocycles. The SMILES string of the molecule is CCc1nc(Cl)cc(NCCN2CCSCC2)n1. The molecule has 0 atom stereocenters. The maximum atomic E-state index is 5.95. The lowest BCUT2D eigenvalue weighted by Crippen LogP contribution is -2.36. The normalized spacial score (nSPS) is 16.8. The molecule has 1 aromatic rings. The van der Waals surface area contributed by atoms with Crippen molar-refractivity contribution in [3.63, 3.8) is 0 Å². The van der Waals surface area contributed by atoms with E-state index in [0.717, 1.165) is 31.2 Å². The summed E-state index contributed by atoms with van der Waals surface area (Å²) in [5.41, 5.74) is 0. The summed E-state index contributed by atoms with van der Waals surface area (Å²) < 4.78 is 0. The number of thioether (sulfide) groups is 1. The van der Waals surface area contributed by atoms with Crippen molar-refractivity contribution in [2.75, 3.05) is 43.0 Å². The molecule has 2 heterocycles.